The minimum absolute atomic E-state index is 0.110. The molecule has 6 rings (SSSR count). The number of hydrogen-bond donors (Lipinski definition) is 6. The fourth-order valence-electron chi connectivity index (χ4n) is 8.92. The summed E-state index contributed by atoms with van der Waals surface area (Å²) < 4.78 is 54.6. The predicted molar refractivity (Wildman–Crippen MR) is 267 cm³/mol. The standard InChI is InChI=1S/C27H36F2N2O2SSi.C24H29ClF2N2O2S/c1-19(32)31-24(16-20-14-21(28)17-22(29)15-20)25(33)18-30-27(11-6-5-7-12-27)26-9-8-23(34-26)10-13-35(2,3)4;1-15(25)22-6-7-23(32-22)24(8-4-3-5-9-24)28-14-21(31)20(29-16(2)30)12-17-10-18(26)13-19(27)11-17/h8-9,14-15,17,24-25,30,33H,5-7,11-12,16,18H2,1-4H3,(H,31,32);6-7,10-11,13,20-21,28,31H,1,3-5,8-9,12,14H2,2H3,(H,29,30)/t24-,25+;20-,21+/m00/s1. The topological polar surface area (TPSA) is 123 Å². The van der Waals surface area contributed by atoms with Gasteiger partial charge in [-0.25, -0.2) is 17.6 Å². The van der Waals surface area contributed by atoms with Gasteiger partial charge in [0, 0.05) is 53.7 Å². The number of amides is 2. The van der Waals surface area contributed by atoms with Crippen LogP contribution >= 0.6 is 34.3 Å². The van der Waals surface area contributed by atoms with Gasteiger partial charge in [-0.1, -0.05) is 82.3 Å². The average molecular weight is 1000 g/mol. The number of carbonyl (C=O) groups excluding carboxylic acids is 2. The molecule has 0 spiro atoms. The molecule has 16 heteroatoms. The Morgan fingerprint density at radius 3 is 1.46 bits per heavy atom. The van der Waals surface area contributed by atoms with Gasteiger partial charge in [0.05, 0.1) is 45.3 Å². The van der Waals surface area contributed by atoms with Crippen molar-refractivity contribution in [3.63, 3.8) is 0 Å². The number of nitrogens with one attached hydrogen (secondary N) is 4. The summed E-state index contributed by atoms with van der Waals surface area (Å²) in [4.78, 5) is 27.9. The molecule has 0 bridgehead atoms. The first kappa shape index (κ1) is 54.1. The van der Waals surface area contributed by atoms with Gasteiger partial charge in [0.15, 0.2) is 0 Å². The van der Waals surface area contributed by atoms with E-state index >= 15 is 0 Å². The zero-order chi connectivity index (χ0) is 48.9. The van der Waals surface area contributed by atoms with E-state index in [1.165, 1.54) is 49.4 Å². The van der Waals surface area contributed by atoms with Gasteiger partial charge in [0.2, 0.25) is 11.8 Å². The van der Waals surface area contributed by atoms with Crippen molar-refractivity contribution >= 4 is 59.2 Å². The second kappa shape index (κ2) is 24.6. The number of hydrogen-bond acceptors (Lipinski definition) is 8. The van der Waals surface area contributed by atoms with Crippen LogP contribution in [0.15, 0.2) is 67.2 Å². The van der Waals surface area contributed by atoms with Crippen LogP contribution in [-0.4, -0.2) is 67.5 Å². The Hall–Kier alpha value is -3.85. The summed E-state index contributed by atoms with van der Waals surface area (Å²) in [5, 5.41) is 35.2. The van der Waals surface area contributed by atoms with Crippen LogP contribution in [-0.2, 0) is 33.5 Å². The van der Waals surface area contributed by atoms with Gasteiger partial charge in [0.25, 0.3) is 0 Å². The third kappa shape index (κ3) is 16.7. The van der Waals surface area contributed by atoms with Crippen molar-refractivity contribution in [3.8, 4) is 11.5 Å². The Labute approximate surface area is 407 Å². The van der Waals surface area contributed by atoms with Crippen molar-refractivity contribution in [3.05, 3.63) is 121 Å². The number of thiophene rings is 2. The lowest BCUT2D eigenvalue weighted by Gasteiger charge is -2.39. The largest absolute Gasteiger partial charge is 0.390 e. The lowest BCUT2D eigenvalue weighted by Crippen LogP contribution is -2.52. The molecule has 0 radical (unpaired) electrons. The molecule has 2 saturated carbocycles. The number of carbonyl (C=O) groups is 2. The van der Waals surface area contributed by atoms with E-state index < -0.39 is 55.6 Å². The predicted octanol–water partition coefficient (Wildman–Crippen LogP) is 10.2. The molecule has 4 atom stereocenters. The Morgan fingerprint density at radius 1 is 0.687 bits per heavy atom. The molecular weight excluding hydrogens is 936 g/mol. The number of halogens is 5. The summed E-state index contributed by atoms with van der Waals surface area (Å²) >= 11 is 9.38. The lowest BCUT2D eigenvalue weighted by atomic mass is 9.80. The monoisotopic (exact) mass is 1000 g/mol. The Balaban J connectivity index is 0.000000252. The van der Waals surface area contributed by atoms with Gasteiger partial charge >= 0.3 is 0 Å². The molecule has 4 aromatic rings. The normalized spacial score (nSPS) is 17.4. The molecule has 2 heterocycles. The highest BCUT2D eigenvalue weighted by molar-refractivity contribution is 7.14. The molecule has 8 nitrogen and oxygen atoms in total. The fraction of sp³-hybridized carbons (Fsp3) is 0.490. The minimum Gasteiger partial charge on any atom is -0.390 e. The molecule has 2 aromatic heterocycles. The van der Waals surface area contributed by atoms with E-state index in [9.17, 15) is 37.4 Å². The van der Waals surface area contributed by atoms with Gasteiger partial charge in [-0.2, -0.15) is 0 Å². The molecule has 2 fully saturated rings. The maximum Gasteiger partial charge on any atom is 0.217 e. The molecule has 2 aliphatic carbocycles. The first-order valence-corrected chi connectivity index (χ1v) is 28.5. The maximum atomic E-state index is 13.7. The third-order valence-electron chi connectivity index (χ3n) is 12.2. The van der Waals surface area contributed by atoms with Crippen LogP contribution in [0.3, 0.4) is 0 Å². The quantitative estimate of drug-likeness (QED) is 0.0356. The van der Waals surface area contributed by atoms with Gasteiger partial charge in [-0.3, -0.25) is 9.59 Å². The van der Waals surface area contributed by atoms with Gasteiger partial charge in [-0.15, -0.1) is 28.2 Å². The molecule has 0 saturated heterocycles. The first-order valence-electron chi connectivity index (χ1n) is 23.0. The molecule has 0 aliphatic heterocycles. The zero-order valence-corrected chi connectivity index (χ0v) is 42.5. The molecule has 6 N–H and O–H groups in total. The van der Waals surface area contributed by atoms with E-state index in [0.717, 1.165) is 84.6 Å². The number of aliphatic hydroxyl groups excluding tert-OH is 2. The SMILES string of the molecule is C=C(Cl)c1ccc(C2(NC[C@@H](O)[C@H](Cc3cc(F)cc(F)c3)NC(C)=O)CCCCC2)s1.CC(=O)N[C@@H](Cc1cc(F)cc(F)c1)[C@H](O)CNC1(c2ccc(C#C[Si](C)(C)C)s2)CCCCC1. The van der Waals surface area contributed by atoms with Gasteiger partial charge in [-0.05, 0) is 98.2 Å². The number of benzene rings is 2. The van der Waals surface area contributed by atoms with Crippen LogP contribution < -0.4 is 21.3 Å². The Morgan fingerprint density at radius 2 is 1.09 bits per heavy atom. The number of aliphatic hydroxyl groups is 2. The summed E-state index contributed by atoms with van der Waals surface area (Å²) in [6, 6.07) is 13.4. The molecule has 2 aromatic carbocycles. The van der Waals surface area contributed by atoms with Gasteiger partial charge in [0.1, 0.15) is 31.3 Å². The molecule has 364 valence electrons. The lowest BCUT2D eigenvalue weighted by molar-refractivity contribution is -0.121. The van der Waals surface area contributed by atoms with Crippen molar-refractivity contribution in [2.75, 3.05) is 13.1 Å². The highest BCUT2D eigenvalue weighted by atomic mass is 35.5. The van der Waals surface area contributed by atoms with Crippen LogP contribution in [0.5, 0.6) is 0 Å². The molecule has 2 aliphatic rings. The first-order chi connectivity index (χ1) is 31.6. The van der Waals surface area contributed by atoms with Crippen molar-refractivity contribution < 1.29 is 37.4 Å². The van der Waals surface area contributed by atoms with Crippen molar-refractivity contribution in [1.29, 1.82) is 0 Å². The highest BCUT2D eigenvalue weighted by Gasteiger charge is 2.38. The van der Waals surface area contributed by atoms with Crippen LogP contribution in [0.1, 0.15) is 109 Å². The smallest absolute Gasteiger partial charge is 0.217 e. The van der Waals surface area contributed by atoms with Crippen LogP contribution in [0.4, 0.5) is 17.6 Å². The van der Waals surface area contributed by atoms with Crippen molar-refractivity contribution in [2.24, 2.45) is 0 Å². The van der Waals surface area contributed by atoms with E-state index in [1.54, 1.807) is 22.7 Å². The molecule has 2 amide bonds. The number of rotatable bonds is 17. The summed E-state index contributed by atoms with van der Waals surface area (Å²) in [5.41, 5.74) is 3.64. The van der Waals surface area contributed by atoms with Crippen LogP contribution in [0, 0.1) is 34.7 Å². The van der Waals surface area contributed by atoms with E-state index in [4.69, 9.17) is 11.6 Å². The van der Waals surface area contributed by atoms with Crippen molar-refractivity contribution in [1.82, 2.24) is 21.3 Å². The second-order valence-corrected chi connectivity index (χ2v) is 26.4. The zero-order valence-electron chi connectivity index (χ0n) is 39.1. The second-order valence-electron chi connectivity index (χ2n) is 19.0. The van der Waals surface area contributed by atoms with Crippen LogP contribution in [0.25, 0.3) is 5.03 Å². The van der Waals surface area contributed by atoms with E-state index in [-0.39, 0.29) is 48.8 Å². The molecular formula is C51H65ClF4N4O4S2Si. The summed E-state index contributed by atoms with van der Waals surface area (Å²) in [5.74, 6) is -0.0138. The summed E-state index contributed by atoms with van der Waals surface area (Å²) in [7, 11) is -1.47. The van der Waals surface area contributed by atoms with E-state index in [1.807, 2.05) is 6.07 Å². The van der Waals surface area contributed by atoms with E-state index in [0.29, 0.717) is 16.2 Å². The summed E-state index contributed by atoms with van der Waals surface area (Å²) in [6.07, 6.45) is 8.77. The van der Waals surface area contributed by atoms with Crippen LogP contribution in [0.2, 0.25) is 19.6 Å². The average Bonchev–Trinajstić information content (AvgIpc) is 3.96. The Bertz CT molecular complexity index is 2330. The van der Waals surface area contributed by atoms with Crippen molar-refractivity contribution in [2.45, 2.75) is 146 Å². The maximum absolute atomic E-state index is 13.7. The minimum atomic E-state index is -1.47. The molecule has 67 heavy (non-hydrogen) atoms. The highest BCUT2D eigenvalue weighted by Crippen LogP contribution is 2.42. The third-order valence-corrected chi connectivity index (χ3v) is 15.9. The summed E-state index contributed by atoms with van der Waals surface area (Å²) in [6.45, 7) is 13.7. The fourth-order valence-corrected chi connectivity index (χ4v) is 11.9. The van der Waals surface area contributed by atoms with Gasteiger partial charge < -0.3 is 31.5 Å². The Kier molecular flexibility index (Phi) is 19.9. The van der Waals surface area contributed by atoms with E-state index in [2.05, 4.69) is 77.2 Å². The molecule has 0 unspecified atom stereocenters.